The van der Waals surface area contributed by atoms with Gasteiger partial charge in [-0.3, -0.25) is 9.69 Å². The lowest BCUT2D eigenvalue weighted by molar-refractivity contribution is -0.138. The Balaban J connectivity index is 1.37. The number of para-hydroxylation sites is 1. The molecule has 0 aliphatic carbocycles. The van der Waals surface area contributed by atoms with E-state index in [1.54, 1.807) is 0 Å². The van der Waals surface area contributed by atoms with E-state index in [4.69, 9.17) is 14.6 Å². The predicted octanol–water partition coefficient (Wildman–Crippen LogP) is 2.33. The smallest absolute Gasteiger partial charge is 0.226 e. The molecule has 3 heterocycles. The standard InChI is InChI=1S/C23H26N2O4/c26-12-13-28-19-9-5-4-8-18(19)15-24-11-10-23-21(24)14-22(27)25(23)16-20(29-23)17-6-2-1-3-7-17/h1-9,20-21,26H,10-16H2/t20-,21+,23-/m0/s1. The molecule has 3 fully saturated rings. The molecule has 1 amide bonds. The Morgan fingerprint density at radius 2 is 1.93 bits per heavy atom. The van der Waals surface area contributed by atoms with E-state index in [0.717, 1.165) is 29.8 Å². The van der Waals surface area contributed by atoms with Crippen LogP contribution in [0.2, 0.25) is 0 Å². The van der Waals surface area contributed by atoms with E-state index in [9.17, 15) is 4.79 Å². The maximum absolute atomic E-state index is 12.8. The highest BCUT2D eigenvalue weighted by Crippen LogP contribution is 2.51. The molecule has 3 aliphatic rings. The van der Waals surface area contributed by atoms with Gasteiger partial charge >= 0.3 is 0 Å². The summed E-state index contributed by atoms with van der Waals surface area (Å²) in [4.78, 5) is 17.1. The molecule has 3 saturated heterocycles. The van der Waals surface area contributed by atoms with Crippen molar-refractivity contribution in [2.24, 2.45) is 0 Å². The van der Waals surface area contributed by atoms with Crippen LogP contribution in [0.15, 0.2) is 54.6 Å². The van der Waals surface area contributed by atoms with Crippen LogP contribution in [0, 0.1) is 0 Å². The van der Waals surface area contributed by atoms with Crippen molar-refractivity contribution >= 4 is 5.91 Å². The number of carbonyl (C=O) groups excluding carboxylic acids is 1. The third kappa shape index (κ3) is 3.12. The molecule has 2 aromatic rings. The first kappa shape index (κ1) is 18.6. The minimum Gasteiger partial charge on any atom is -0.491 e. The van der Waals surface area contributed by atoms with E-state index in [0.29, 0.717) is 19.5 Å². The SMILES string of the molecule is O=C1C[C@H]2N(Cc3ccccc3OCCO)CC[C@]23O[C@H](c2ccccc2)CN13. The van der Waals surface area contributed by atoms with Gasteiger partial charge in [-0.1, -0.05) is 48.5 Å². The third-order valence-corrected chi connectivity index (χ3v) is 6.41. The summed E-state index contributed by atoms with van der Waals surface area (Å²) in [7, 11) is 0. The normalized spacial score (nSPS) is 28.6. The minimum absolute atomic E-state index is 0.0119. The molecule has 0 saturated carbocycles. The van der Waals surface area contributed by atoms with Gasteiger partial charge in [0.15, 0.2) is 5.72 Å². The highest BCUT2D eigenvalue weighted by atomic mass is 16.5. The van der Waals surface area contributed by atoms with Gasteiger partial charge in [-0.2, -0.15) is 0 Å². The van der Waals surface area contributed by atoms with Crippen LogP contribution in [0.5, 0.6) is 5.75 Å². The molecule has 1 spiro atoms. The maximum Gasteiger partial charge on any atom is 0.226 e. The zero-order chi connectivity index (χ0) is 19.8. The molecule has 152 valence electrons. The van der Waals surface area contributed by atoms with Crippen molar-refractivity contribution in [3.63, 3.8) is 0 Å². The van der Waals surface area contributed by atoms with Crippen LogP contribution < -0.4 is 4.74 Å². The second-order valence-corrected chi connectivity index (χ2v) is 7.99. The minimum atomic E-state index is -0.515. The number of nitrogens with zero attached hydrogens (tertiary/aromatic N) is 2. The van der Waals surface area contributed by atoms with Gasteiger partial charge in [-0.05, 0) is 11.6 Å². The monoisotopic (exact) mass is 394 g/mol. The topological polar surface area (TPSA) is 62.2 Å². The Morgan fingerprint density at radius 3 is 2.76 bits per heavy atom. The molecule has 6 heteroatoms. The zero-order valence-corrected chi connectivity index (χ0v) is 16.4. The number of benzene rings is 2. The summed E-state index contributed by atoms with van der Waals surface area (Å²) in [5, 5.41) is 9.08. The van der Waals surface area contributed by atoms with E-state index in [2.05, 4.69) is 23.1 Å². The predicted molar refractivity (Wildman–Crippen MR) is 107 cm³/mol. The van der Waals surface area contributed by atoms with Gasteiger partial charge in [0.05, 0.1) is 19.2 Å². The van der Waals surface area contributed by atoms with Crippen molar-refractivity contribution in [1.82, 2.24) is 9.80 Å². The fraction of sp³-hybridized carbons (Fsp3) is 0.435. The number of ether oxygens (including phenoxy) is 2. The van der Waals surface area contributed by atoms with Crippen LogP contribution in [0.1, 0.15) is 30.1 Å². The second-order valence-electron chi connectivity index (χ2n) is 7.99. The Kier molecular flexibility index (Phi) is 4.78. The summed E-state index contributed by atoms with van der Waals surface area (Å²) >= 11 is 0. The van der Waals surface area contributed by atoms with Crippen LogP contribution in [-0.4, -0.2) is 58.9 Å². The van der Waals surface area contributed by atoms with Gasteiger partial charge in [-0.15, -0.1) is 0 Å². The van der Waals surface area contributed by atoms with Crippen LogP contribution in [0.3, 0.4) is 0 Å². The summed E-state index contributed by atoms with van der Waals surface area (Å²) in [5.41, 5.74) is 1.68. The fourth-order valence-electron chi connectivity index (χ4n) is 5.09. The first-order chi connectivity index (χ1) is 14.2. The molecular weight excluding hydrogens is 368 g/mol. The van der Waals surface area contributed by atoms with E-state index < -0.39 is 5.72 Å². The Hall–Kier alpha value is -2.41. The summed E-state index contributed by atoms with van der Waals surface area (Å²) in [5.74, 6) is 0.973. The zero-order valence-electron chi connectivity index (χ0n) is 16.4. The summed E-state index contributed by atoms with van der Waals surface area (Å²) in [6.45, 7) is 2.47. The quantitative estimate of drug-likeness (QED) is 0.815. The molecule has 1 N–H and O–H groups in total. The molecule has 0 bridgehead atoms. The van der Waals surface area contributed by atoms with Crippen molar-refractivity contribution in [3.8, 4) is 5.75 Å². The summed E-state index contributed by atoms with van der Waals surface area (Å²) in [6, 6.07) is 18.1. The van der Waals surface area contributed by atoms with E-state index >= 15 is 0 Å². The number of hydrogen-bond acceptors (Lipinski definition) is 5. The van der Waals surface area contributed by atoms with E-state index in [-0.39, 0.29) is 31.3 Å². The molecule has 3 atom stereocenters. The van der Waals surface area contributed by atoms with Gasteiger partial charge in [-0.25, -0.2) is 0 Å². The molecule has 2 aromatic carbocycles. The van der Waals surface area contributed by atoms with Crippen LogP contribution in [-0.2, 0) is 16.1 Å². The number of rotatable bonds is 6. The van der Waals surface area contributed by atoms with E-state index in [1.165, 1.54) is 0 Å². The Bertz CT molecular complexity index is 889. The van der Waals surface area contributed by atoms with Gasteiger partial charge in [0.2, 0.25) is 5.91 Å². The first-order valence-corrected chi connectivity index (χ1v) is 10.3. The van der Waals surface area contributed by atoms with Gasteiger partial charge < -0.3 is 19.5 Å². The lowest BCUT2D eigenvalue weighted by atomic mass is 10.1. The van der Waals surface area contributed by atoms with Crippen molar-refractivity contribution in [2.75, 3.05) is 26.3 Å². The number of carbonyl (C=O) groups is 1. The third-order valence-electron chi connectivity index (χ3n) is 6.41. The molecular formula is C23H26N2O4. The molecule has 0 unspecified atom stereocenters. The fourth-order valence-corrected chi connectivity index (χ4v) is 5.09. The van der Waals surface area contributed by atoms with Gasteiger partial charge in [0.25, 0.3) is 0 Å². The number of hydrogen-bond donors (Lipinski definition) is 1. The summed E-state index contributed by atoms with van der Waals surface area (Å²) < 4.78 is 12.3. The molecule has 5 rings (SSSR count). The largest absolute Gasteiger partial charge is 0.491 e. The van der Waals surface area contributed by atoms with E-state index in [1.807, 2.05) is 41.3 Å². The van der Waals surface area contributed by atoms with Crippen LogP contribution >= 0.6 is 0 Å². The molecule has 3 aliphatic heterocycles. The number of aliphatic hydroxyl groups is 1. The Labute approximate surface area is 170 Å². The lowest BCUT2D eigenvalue weighted by Gasteiger charge is -2.32. The highest BCUT2D eigenvalue weighted by Gasteiger charge is 2.63. The molecule has 0 aromatic heterocycles. The molecule has 0 radical (unpaired) electrons. The van der Waals surface area contributed by atoms with Gasteiger partial charge in [0.1, 0.15) is 18.5 Å². The number of amides is 1. The summed E-state index contributed by atoms with van der Waals surface area (Å²) in [6.07, 6.45) is 1.26. The lowest BCUT2D eigenvalue weighted by Crippen LogP contribution is -2.47. The number of aliphatic hydroxyl groups excluding tert-OH is 1. The van der Waals surface area contributed by atoms with Gasteiger partial charge in [0, 0.05) is 31.5 Å². The molecule has 6 nitrogen and oxygen atoms in total. The maximum atomic E-state index is 12.8. The average molecular weight is 394 g/mol. The van der Waals surface area contributed by atoms with Crippen LogP contribution in [0.25, 0.3) is 0 Å². The van der Waals surface area contributed by atoms with Crippen molar-refractivity contribution in [2.45, 2.75) is 37.3 Å². The van der Waals surface area contributed by atoms with Crippen molar-refractivity contribution in [1.29, 1.82) is 0 Å². The van der Waals surface area contributed by atoms with Crippen molar-refractivity contribution < 1.29 is 19.4 Å². The molecule has 29 heavy (non-hydrogen) atoms. The highest BCUT2D eigenvalue weighted by molar-refractivity contribution is 5.81. The average Bonchev–Trinajstić information content (AvgIpc) is 3.37. The van der Waals surface area contributed by atoms with Crippen LogP contribution in [0.4, 0.5) is 0 Å². The first-order valence-electron chi connectivity index (χ1n) is 10.3. The Morgan fingerprint density at radius 1 is 1.14 bits per heavy atom. The van der Waals surface area contributed by atoms with Crippen molar-refractivity contribution in [3.05, 3.63) is 65.7 Å². The number of likely N-dealkylation sites (tertiary alicyclic amines) is 1. The second kappa shape index (κ2) is 7.44.